The highest BCUT2D eigenvalue weighted by Gasteiger charge is 2.49. The first kappa shape index (κ1) is 27.3. The topological polar surface area (TPSA) is 130 Å². The second-order valence-electron chi connectivity index (χ2n) is 7.31. The van der Waals surface area contributed by atoms with Gasteiger partial charge in [-0.3, -0.25) is 24.1 Å². The molecule has 0 spiro atoms. The van der Waals surface area contributed by atoms with E-state index in [1.54, 1.807) is 20.8 Å². The molecule has 0 saturated carbocycles. The normalized spacial score (nSPS) is 16.6. The van der Waals surface area contributed by atoms with Gasteiger partial charge in [0.15, 0.2) is 15.9 Å². The monoisotopic (exact) mass is 491 g/mol. The smallest absolute Gasteiger partial charge is 0.359 e. The van der Waals surface area contributed by atoms with E-state index in [0.717, 1.165) is 4.90 Å². The molecule has 1 aliphatic heterocycles. The zero-order valence-electron chi connectivity index (χ0n) is 17.9. The van der Waals surface area contributed by atoms with Gasteiger partial charge in [0.05, 0.1) is 16.1 Å². The fraction of sp³-hybridized carbons (Fsp3) is 0.526. The van der Waals surface area contributed by atoms with Crippen LogP contribution in [-0.4, -0.2) is 55.4 Å². The summed E-state index contributed by atoms with van der Waals surface area (Å²) in [5, 5.41) is -1.73. The number of likely N-dealkylation sites (tertiary alicyclic amines) is 1. The number of hydrogen-bond acceptors (Lipinski definition) is 10. The van der Waals surface area contributed by atoms with E-state index in [2.05, 4.69) is 6.58 Å². The fourth-order valence-electron chi connectivity index (χ4n) is 2.17. The van der Waals surface area contributed by atoms with Crippen molar-refractivity contribution in [1.82, 2.24) is 4.90 Å². The SMILES string of the molecule is C=CC[S+]([O-])C1CC(=O)N1C(C(=O)OCOC(=O)C(C)(C)C)=C(SC(C)=O)SC(C)=O. The van der Waals surface area contributed by atoms with E-state index in [0.29, 0.717) is 23.5 Å². The molecule has 1 fully saturated rings. The molecular weight excluding hydrogens is 466 g/mol. The number of β-lactam (4-membered cyclic amide) rings is 1. The van der Waals surface area contributed by atoms with Gasteiger partial charge in [-0.1, -0.05) is 6.58 Å². The van der Waals surface area contributed by atoms with Gasteiger partial charge < -0.3 is 14.0 Å². The minimum atomic E-state index is -1.56. The summed E-state index contributed by atoms with van der Waals surface area (Å²) in [5.74, 6) is -2.15. The molecule has 0 aromatic heterocycles. The van der Waals surface area contributed by atoms with Crippen molar-refractivity contribution < 1.29 is 38.0 Å². The fourth-order valence-corrected chi connectivity index (χ4v) is 5.36. The van der Waals surface area contributed by atoms with E-state index < -0.39 is 56.8 Å². The zero-order valence-corrected chi connectivity index (χ0v) is 20.4. The van der Waals surface area contributed by atoms with E-state index in [9.17, 15) is 28.5 Å². The Morgan fingerprint density at radius 2 is 1.74 bits per heavy atom. The lowest BCUT2D eigenvalue weighted by molar-refractivity contribution is -0.173. The van der Waals surface area contributed by atoms with Crippen LogP contribution >= 0.6 is 23.5 Å². The Bertz CT molecular complexity index is 784. The zero-order chi connectivity index (χ0) is 23.9. The molecule has 1 amide bonds. The highest BCUT2D eigenvalue weighted by molar-refractivity contribution is 8.34. The van der Waals surface area contributed by atoms with Crippen LogP contribution in [0.2, 0.25) is 0 Å². The van der Waals surface area contributed by atoms with Crippen LogP contribution in [0.3, 0.4) is 0 Å². The minimum absolute atomic E-state index is 0.0784. The second kappa shape index (κ2) is 11.7. The summed E-state index contributed by atoms with van der Waals surface area (Å²) >= 11 is -0.409. The van der Waals surface area contributed by atoms with Gasteiger partial charge in [0.2, 0.25) is 18.1 Å². The predicted molar refractivity (Wildman–Crippen MR) is 119 cm³/mol. The van der Waals surface area contributed by atoms with Crippen molar-refractivity contribution in [2.45, 2.75) is 46.4 Å². The standard InChI is InChI=1S/C19H25NO8S3/c1-7-8-31(26)14-9-13(23)20(14)15(17(29-11(2)21)30-12(3)22)16(24)27-10-28-18(25)19(4,5)6/h7,14H,1,8-10H2,2-6H3. The maximum atomic E-state index is 12.9. The molecule has 0 aromatic rings. The summed E-state index contributed by atoms with van der Waals surface area (Å²) < 4.78 is 22.3. The number of rotatable bonds is 9. The quantitative estimate of drug-likeness (QED) is 0.118. The van der Waals surface area contributed by atoms with E-state index in [-0.39, 0.29) is 22.1 Å². The lowest BCUT2D eigenvalue weighted by Crippen LogP contribution is -2.57. The van der Waals surface area contributed by atoms with E-state index >= 15 is 0 Å². The number of ether oxygens (including phenoxy) is 2. The molecule has 172 valence electrons. The summed E-state index contributed by atoms with van der Waals surface area (Å²) in [4.78, 5) is 61.4. The molecule has 0 N–H and O–H groups in total. The molecule has 1 saturated heterocycles. The van der Waals surface area contributed by atoms with Crippen molar-refractivity contribution >= 4 is 62.8 Å². The molecule has 9 nitrogen and oxygen atoms in total. The van der Waals surface area contributed by atoms with Crippen molar-refractivity contribution in [3.63, 3.8) is 0 Å². The van der Waals surface area contributed by atoms with Crippen molar-refractivity contribution in [1.29, 1.82) is 0 Å². The Morgan fingerprint density at radius 3 is 2.16 bits per heavy atom. The molecular formula is C19H25NO8S3. The summed E-state index contributed by atoms with van der Waals surface area (Å²) in [5.41, 5.74) is -1.21. The first-order valence-corrected chi connectivity index (χ1v) is 12.1. The Balaban J connectivity index is 3.27. The number of nitrogens with zero attached hydrogens (tertiary/aromatic N) is 1. The number of thioether (sulfide) groups is 2. The first-order valence-electron chi connectivity index (χ1n) is 9.05. The number of amides is 1. The van der Waals surface area contributed by atoms with Crippen LogP contribution in [0, 0.1) is 5.41 Å². The Hall–Kier alpha value is -1.76. The summed E-state index contributed by atoms with van der Waals surface area (Å²) in [6, 6.07) is 0. The van der Waals surface area contributed by atoms with Crippen LogP contribution in [0.15, 0.2) is 22.6 Å². The largest absolute Gasteiger partial charge is 0.614 e. The highest BCUT2D eigenvalue weighted by Crippen LogP contribution is 2.39. The molecule has 0 aliphatic carbocycles. The molecule has 0 radical (unpaired) electrons. The van der Waals surface area contributed by atoms with Gasteiger partial charge in [-0.05, 0) is 61.5 Å². The minimum Gasteiger partial charge on any atom is -0.614 e. The van der Waals surface area contributed by atoms with E-state index in [1.807, 2.05) is 0 Å². The van der Waals surface area contributed by atoms with Gasteiger partial charge in [-0.2, -0.15) is 0 Å². The number of hydrogen-bond donors (Lipinski definition) is 0. The maximum absolute atomic E-state index is 12.9. The molecule has 31 heavy (non-hydrogen) atoms. The van der Waals surface area contributed by atoms with Gasteiger partial charge in [0.1, 0.15) is 5.75 Å². The number of carbonyl (C=O) groups is 5. The van der Waals surface area contributed by atoms with E-state index in [4.69, 9.17) is 9.47 Å². The predicted octanol–water partition coefficient (Wildman–Crippen LogP) is 2.30. The van der Waals surface area contributed by atoms with Gasteiger partial charge in [0.25, 0.3) is 0 Å². The lowest BCUT2D eigenvalue weighted by atomic mass is 9.98. The molecule has 2 unspecified atom stereocenters. The van der Waals surface area contributed by atoms with E-state index in [1.165, 1.54) is 19.9 Å². The molecule has 1 aliphatic rings. The van der Waals surface area contributed by atoms with Crippen LogP contribution in [0.25, 0.3) is 0 Å². The average Bonchev–Trinajstić information content (AvgIpc) is 2.61. The summed E-state index contributed by atoms with van der Waals surface area (Å²) in [7, 11) is 0. The average molecular weight is 492 g/mol. The van der Waals surface area contributed by atoms with Crippen LogP contribution in [0.1, 0.15) is 41.0 Å². The summed E-state index contributed by atoms with van der Waals surface area (Å²) in [6.45, 7) is 10.1. The number of carbonyl (C=O) groups excluding carboxylic acids is 5. The lowest BCUT2D eigenvalue weighted by Gasteiger charge is -2.40. The Kier molecular flexibility index (Phi) is 10.3. The van der Waals surface area contributed by atoms with Crippen LogP contribution in [0.4, 0.5) is 0 Å². The van der Waals surface area contributed by atoms with Crippen LogP contribution < -0.4 is 0 Å². The van der Waals surface area contributed by atoms with Crippen molar-refractivity contribution in [3.05, 3.63) is 22.6 Å². The van der Waals surface area contributed by atoms with Gasteiger partial charge in [-0.25, -0.2) is 4.79 Å². The first-order chi connectivity index (χ1) is 14.3. The van der Waals surface area contributed by atoms with Crippen LogP contribution in [0.5, 0.6) is 0 Å². The molecule has 0 aromatic carbocycles. The third-order valence-electron chi connectivity index (χ3n) is 3.58. The molecule has 1 rings (SSSR count). The van der Waals surface area contributed by atoms with Crippen LogP contribution in [-0.2, 0) is 44.6 Å². The van der Waals surface area contributed by atoms with Crippen molar-refractivity contribution in [3.8, 4) is 0 Å². The molecule has 0 bridgehead atoms. The number of esters is 2. The Labute approximate surface area is 192 Å². The van der Waals surface area contributed by atoms with Gasteiger partial charge in [-0.15, -0.1) is 0 Å². The molecule has 2 atom stereocenters. The Morgan fingerprint density at radius 1 is 1.19 bits per heavy atom. The third kappa shape index (κ3) is 8.02. The van der Waals surface area contributed by atoms with Gasteiger partial charge >= 0.3 is 11.9 Å². The maximum Gasteiger partial charge on any atom is 0.359 e. The van der Waals surface area contributed by atoms with Crippen molar-refractivity contribution in [2.75, 3.05) is 12.5 Å². The second-order valence-corrected chi connectivity index (χ2v) is 11.6. The van der Waals surface area contributed by atoms with Gasteiger partial charge in [0, 0.05) is 13.8 Å². The van der Waals surface area contributed by atoms with Crippen molar-refractivity contribution in [2.24, 2.45) is 5.41 Å². The highest BCUT2D eigenvalue weighted by atomic mass is 32.2. The third-order valence-corrected chi connectivity index (χ3v) is 6.97. The summed E-state index contributed by atoms with van der Waals surface area (Å²) in [6.07, 6.45) is 1.33. The molecule has 1 heterocycles. The molecule has 12 heteroatoms.